The summed E-state index contributed by atoms with van der Waals surface area (Å²) in [6.07, 6.45) is -0.848. The molecule has 0 radical (unpaired) electrons. The Labute approximate surface area is 87.7 Å². The molecule has 4 heteroatoms. The second-order valence-corrected chi connectivity index (χ2v) is 3.85. The van der Waals surface area contributed by atoms with Crippen LogP contribution in [0.15, 0.2) is 12.1 Å². The molecule has 2 nitrogen and oxygen atoms in total. The fraction of sp³-hybridized carbons (Fsp3) is 0.455. The van der Waals surface area contributed by atoms with Gasteiger partial charge in [0.25, 0.3) is 0 Å². The molecule has 2 unspecified atom stereocenters. The molecule has 0 heterocycles. The quantitative estimate of drug-likeness (QED) is 0.810. The van der Waals surface area contributed by atoms with E-state index in [-0.39, 0.29) is 23.6 Å². The van der Waals surface area contributed by atoms with Crippen molar-refractivity contribution in [2.45, 2.75) is 32.4 Å². The van der Waals surface area contributed by atoms with Gasteiger partial charge in [-0.15, -0.1) is 0 Å². The minimum Gasteiger partial charge on any atom is -0.388 e. The van der Waals surface area contributed by atoms with Gasteiger partial charge in [-0.05, 0) is 38.0 Å². The van der Waals surface area contributed by atoms with Gasteiger partial charge in [0, 0.05) is 11.6 Å². The molecule has 0 spiro atoms. The van der Waals surface area contributed by atoms with Crippen molar-refractivity contribution < 1.29 is 13.9 Å². The zero-order chi connectivity index (χ0) is 11.6. The predicted octanol–water partition coefficient (Wildman–Crippen LogP) is 2.04. The van der Waals surface area contributed by atoms with E-state index in [1.807, 2.05) is 0 Å². The normalized spacial score (nSPS) is 15.1. The summed E-state index contributed by atoms with van der Waals surface area (Å²) in [7, 11) is 0. The van der Waals surface area contributed by atoms with Gasteiger partial charge in [-0.2, -0.15) is 0 Å². The van der Waals surface area contributed by atoms with Gasteiger partial charge in [-0.3, -0.25) is 0 Å². The zero-order valence-corrected chi connectivity index (χ0v) is 8.80. The molecule has 3 N–H and O–H groups in total. The number of aliphatic hydroxyl groups excluding tert-OH is 1. The molecule has 0 aliphatic carbocycles. The molecule has 84 valence electrons. The molecule has 0 aliphatic heterocycles. The summed E-state index contributed by atoms with van der Waals surface area (Å²) >= 11 is 0. The number of halogens is 2. The molecule has 0 fully saturated rings. The third kappa shape index (κ3) is 2.97. The average molecular weight is 215 g/mol. The predicted molar refractivity (Wildman–Crippen MR) is 54.3 cm³/mol. The number of hydrogen-bond donors (Lipinski definition) is 2. The monoisotopic (exact) mass is 215 g/mol. The van der Waals surface area contributed by atoms with Crippen LogP contribution in [0.2, 0.25) is 0 Å². The van der Waals surface area contributed by atoms with E-state index >= 15 is 0 Å². The van der Waals surface area contributed by atoms with Crippen LogP contribution in [0.5, 0.6) is 0 Å². The third-order valence-corrected chi connectivity index (χ3v) is 2.23. The second-order valence-electron chi connectivity index (χ2n) is 3.85. The maximum Gasteiger partial charge on any atom is 0.129 e. The van der Waals surface area contributed by atoms with Crippen LogP contribution in [0.1, 0.15) is 30.6 Å². The Morgan fingerprint density at radius 2 is 1.93 bits per heavy atom. The van der Waals surface area contributed by atoms with E-state index in [0.717, 1.165) is 12.1 Å². The van der Waals surface area contributed by atoms with Gasteiger partial charge < -0.3 is 10.8 Å². The van der Waals surface area contributed by atoms with E-state index in [1.54, 1.807) is 6.92 Å². The lowest BCUT2D eigenvalue weighted by Gasteiger charge is -2.14. The van der Waals surface area contributed by atoms with Crippen LogP contribution in [0.3, 0.4) is 0 Å². The summed E-state index contributed by atoms with van der Waals surface area (Å²) in [6.45, 7) is 3.17. The molecule has 0 amide bonds. The Balaban J connectivity index is 2.98. The van der Waals surface area contributed by atoms with Crippen molar-refractivity contribution in [1.29, 1.82) is 0 Å². The van der Waals surface area contributed by atoms with Gasteiger partial charge in [-0.25, -0.2) is 8.78 Å². The van der Waals surface area contributed by atoms with Crippen LogP contribution < -0.4 is 5.73 Å². The molecule has 0 bridgehead atoms. The van der Waals surface area contributed by atoms with Crippen molar-refractivity contribution in [2.75, 3.05) is 0 Å². The molecule has 0 aliphatic rings. The van der Waals surface area contributed by atoms with Crippen LogP contribution in [0.25, 0.3) is 0 Å². The molecule has 15 heavy (non-hydrogen) atoms. The number of hydrogen-bond acceptors (Lipinski definition) is 2. The molecular weight excluding hydrogens is 200 g/mol. The van der Waals surface area contributed by atoms with E-state index in [0.29, 0.717) is 0 Å². The number of aryl methyl sites for hydroxylation is 1. The van der Waals surface area contributed by atoms with Crippen LogP contribution in [-0.4, -0.2) is 11.1 Å². The van der Waals surface area contributed by atoms with Crippen molar-refractivity contribution in [1.82, 2.24) is 0 Å². The molecule has 1 aromatic rings. The zero-order valence-electron chi connectivity index (χ0n) is 8.80. The number of rotatable bonds is 3. The fourth-order valence-electron chi connectivity index (χ4n) is 1.40. The van der Waals surface area contributed by atoms with Crippen LogP contribution >= 0.6 is 0 Å². The Hall–Kier alpha value is -1.00. The maximum atomic E-state index is 13.4. The second kappa shape index (κ2) is 4.68. The molecule has 0 saturated heterocycles. The summed E-state index contributed by atoms with van der Waals surface area (Å²) in [5.74, 6) is -1.11. The molecular formula is C11H15F2NO. The lowest BCUT2D eigenvalue weighted by atomic mass is 10.0. The topological polar surface area (TPSA) is 46.2 Å². The Bertz CT molecular complexity index is 353. The highest BCUT2D eigenvalue weighted by Gasteiger charge is 2.16. The van der Waals surface area contributed by atoms with E-state index in [9.17, 15) is 13.9 Å². The Morgan fingerprint density at radius 1 is 1.33 bits per heavy atom. The summed E-state index contributed by atoms with van der Waals surface area (Å²) < 4.78 is 26.5. The Morgan fingerprint density at radius 3 is 2.47 bits per heavy atom. The third-order valence-electron chi connectivity index (χ3n) is 2.23. The molecule has 2 atom stereocenters. The minimum atomic E-state index is -1.06. The van der Waals surface area contributed by atoms with Gasteiger partial charge in [0.15, 0.2) is 0 Å². The van der Waals surface area contributed by atoms with Crippen molar-refractivity contribution in [3.8, 4) is 0 Å². The lowest BCUT2D eigenvalue weighted by Crippen LogP contribution is -2.19. The highest BCUT2D eigenvalue weighted by Crippen LogP contribution is 2.23. The average Bonchev–Trinajstić information content (AvgIpc) is 2.09. The van der Waals surface area contributed by atoms with Crippen LogP contribution in [0, 0.1) is 18.6 Å². The minimum absolute atomic E-state index is 0.0320. The van der Waals surface area contributed by atoms with E-state index in [2.05, 4.69) is 0 Å². The smallest absolute Gasteiger partial charge is 0.129 e. The first-order valence-corrected chi connectivity index (χ1v) is 4.81. The summed E-state index contributed by atoms with van der Waals surface area (Å²) in [5.41, 5.74) is 5.67. The molecule has 0 aromatic heterocycles. The van der Waals surface area contributed by atoms with E-state index in [1.165, 1.54) is 6.92 Å². The summed E-state index contributed by atoms with van der Waals surface area (Å²) in [6, 6.07) is 1.84. The molecule has 0 saturated carbocycles. The standard InChI is InChI=1S/C11H15F2NO/c1-6-3-10(13)8(5-9(6)12)11(15)4-7(2)14/h3,5,7,11,15H,4,14H2,1-2H3. The van der Waals surface area contributed by atoms with Crippen molar-refractivity contribution >= 4 is 0 Å². The summed E-state index contributed by atoms with van der Waals surface area (Å²) in [4.78, 5) is 0. The first-order chi connectivity index (χ1) is 6.91. The SMILES string of the molecule is Cc1cc(F)c(C(O)CC(C)N)cc1F. The summed E-state index contributed by atoms with van der Waals surface area (Å²) in [5, 5.41) is 9.60. The van der Waals surface area contributed by atoms with Gasteiger partial charge in [-0.1, -0.05) is 0 Å². The van der Waals surface area contributed by atoms with Crippen LogP contribution in [0.4, 0.5) is 8.78 Å². The maximum absolute atomic E-state index is 13.4. The highest BCUT2D eigenvalue weighted by molar-refractivity contribution is 5.26. The Kier molecular flexibility index (Phi) is 3.77. The van der Waals surface area contributed by atoms with Gasteiger partial charge in [0.1, 0.15) is 11.6 Å². The van der Waals surface area contributed by atoms with Gasteiger partial charge in [0.05, 0.1) is 6.10 Å². The fourth-order valence-corrected chi connectivity index (χ4v) is 1.40. The number of aliphatic hydroxyl groups is 1. The van der Waals surface area contributed by atoms with Crippen molar-refractivity contribution in [3.63, 3.8) is 0 Å². The first-order valence-electron chi connectivity index (χ1n) is 4.81. The number of nitrogens with two attached hydrogens (primary N) is 1. The molecule has 1 aromatic carbocycles. The first kappa shape index (κ1) is 12.1. The van der Waals surface area contributed by atoms with Crippen LogP contribution in [-0.2, 0) is 0 Å². The van der Waals surface area contributed by atoms with E-state index in [4.69, 9.17) is 5.73 Å². The van der Waals surface area contributed by atoms with Gasteiger partial charge in [0.2, 0.25) is 0 Å². The number of benzene rings is 1. The largest absolute Gasteiger partial charge is 0.388 e. The van der Waals surface area contributed by atoms with Crippen molar-refractivity contribution in [2.24, 2.45) is 5.73 Å². The molecule has 1 rings (SSSR count). The van der Waals surface area contributed by atoms with Crippen molar-refractivity contribution in [3.05, 3.63) is 34.9 Å². The van der Waals surface area contributed by atoms with Gasteiger partial charge >= 0.3 is 0 Å². The lowest BCUT2D eigenvalue weighted by molar-refractivity contribution is 0.155. The van der Waals surface area contributed by atoms with E-state index < -0.39 is 17.7 Å². The highest BCUT2D eigenvalue weighted by atomic mass is 19.1.